The summed E-state index contributed by atoms with van der Waals surface area (Å²) in [4.78, 5) is 12.4. The van der Waals surface area contributed by atoms with Gasteiger partial charge in [0.05, 0.1) is 11.9 Å². The van der Waals surface area contributed by atoms with E-state index in [4.69, 9.17) is 0 Å². The SMILES string of the molecule is CC(C)(C)CC(C)(C)NC(=O)CN(c1ccc(Br)cc1)S(C)(=O)=O. The molecule has 0 spiro atoms. The van der Waals surface area contributed by atoms with Crippen LogP contribution in [0.2, 0.25) is 0 Å². The minimum atomic E-state index is -3.56. The molecule has 1 N–H and O–H groups in total. The van der Waals surface area contributed by atoms with Gasteiger partial charge in [-0.3, -0.25) is 9.10 Å². The Kier molecular flexibility index (Phi) is 6.49. The van der Waals surface area contributed by atoms with Gasteiger partial charge in [-0.1, -0.05) is 36.7 Å². The molecule has 1 aromatic rings. The molecule has 0 saturated heterocycles. The molecule has 0 fully saturated rings. The van der Waals surface area contributed by atoms with Crippen molar-refractivity contribution < 1.29 is 13.2 Å². The maximum Gasteiger partial charge on any atom is 0.241 e. The van der Waals surface area contributed by atoms with Crippen molar-refractivity contribution in [3.63, 3.8) is 0 Å². The third-order valence-electron chi connectivity index (χ3n) is 3.25. The van der Waals surface area contributed by atoms with Crippen molar-refractivity contribution in [1.29, 1.82) is 0 Å². The molecule has 0 aliphatic rings. The molecule has 24 heavy (non-hydrogen) atoms. The Morgan fingerprint density at radius 3 is 2.04 bits per heavy atom. The van der Waals surface area contributed by atoms with Gasteiger partial charge in [-0.15, -0.1) is 0 Å². The van der Waals surface area contributed by atoms with E-state index in [9.17, 15) is 13.2 Å². The summed E-state index contributed by atoms with van der Waals surface area (Å²) >= 11 is 3.32. The Bertz CT molecular complexity index is 677. The van der Waals surface area contributed by atoms with Crippen molar-refractivity contribution in [3.05, 3.63) is 28.7 Å². The second-order valence-electron chi connectivity index (χ2n) is 7.92. The fraction of sp³-hybridized carbons (Fsp3) is 0.588. The van der Waals surface area contributed by atoms with Crippen LogP contribution in [0.4, 0.5) is 5.69 Å². The number of nitrogens with zero attached hydrogens (tertiary/aromatic N) is 1. The molecular weight excluding hydrogens is 392 g/mol. The summed E-state index contributed by atoms with van der Waals surface area (Å²) in [5.41, 5.74) is 0.0986. The van der Waals surface area contributed by atoms with E-state index < -0.39 is 15.6 Å². The van der Waals surface area contributed by atoms with E-state index in [1.54, 1.807) is 24.3 Å². The molecule has 0 radical (unpaired) electrons. The Labute approximate surface area is 154 Å². The van der Waals surface area contributed by atoms with E-state index in [2.05, 4.69) is 42.0 Å². The van der Waals surface area contributed by atoms with Gasteiger partial charge in [0.2, 0.25) is 15.9 Å². The van der Waals surface area contributed by atoms with Gasteiger partial charge in [0.1, 0.15) is 6.54 Å². The number of halogens is 1. The van der Waals surface area contributed by atoms with Crippen LogP contribution in [0.1, 0.15) is 41.0 Å². The van der Waals surface area contributed by atoms with Crippen molar-refractivity contribution in [3.8, 4) is 0 Å². The molecule has 1 amide bonds. The van der Waals surface area contributed by atoms with Crippen LogP contribution in [-0.2, 0) is 14.8 Å². The minimum absolute atomic E-state index is 0.0546. The first-order valence-electron chi connectivity index (χ1n) is 7.74. The number of hydrogen-bond donors (Lipinski definition) is 1. The van der Waals surface area contributed by atoms with Crippen molar-refractivity contribution >= 4 is 37.5 Å². The summed E-state index contributed by atoms with van der Waals surface area (Å²) < 4.78 is 26.1. The van der Waals surface area contributed by atoms with E-state index in [0.717, 1.165) is 21.5 Å². The molecule has 0 saturated carbocycles. The second-order valence-corrected chi connectivity index (χ2v) is 10.7. The van der Waals surface area contributed by atoms with E-state index >= 15 is 0 Å². The summed E-state index contributed by atoms with van der Waals surface area (Å²) in [6.45, 7) is 9.96. The van der Waals surface area contributed by atoms with Crippen LogP contribution in [0, 0.1) is 5.41 Å². The zero-order valence-corrected chi connectivity index (χ0v) is 17.6. The van der Waals surface area contributed by atoms with E-state index in [-0.39, 0.29) is 17.9 Å². The summed E-state index contributed by atoms with van der Waals surface area (Å²) in [5.74, 6) is -0.322. The van der Waals surface area contributed by atoms with Crippen LogP contribution >= 0.6 is 15.9 Å². The van der Waals surface area contributed by atoms with Gasteiger partial charge in [0, 0.05) is 10.0 Å². The summed E-state index contributed by atoms with van der Waals surface area (Å²) in [6.07, 6.45) is 1.88. The topological polar surface area (TPSA) is 66.5 Å². The average molecular weight is 419 g/mol. The second kappa shape index (κ2) is 7.44. The smallest absolute Gasteiger partial charge is 0.241 e. The molecule has 0 bridgehead atoms. The lowest BCUT2D eigenvalue weighted by atomic mass is 9.82. The van der Waals surface area contributed by atoms with Crippen LogP contribution < -0.4 is 9.62 Å². The van der Waals surface area contributed by atoms with Gasteiger partial charge in [0.25, 0.3) is 0 Å². The van der Waals surface area contributed by atoms with Gasteiger partial charge in [-0.05, 0) is 49.9 Å². The summed E-state index contributed by atoms with van der Waals surface area (Å²) in [5, 5.41) is 2.94. The number of carbonyl (C=O) groups excluding carboxylic acids is 1. The molecule has 136 valence electrons. The first kappa shape index (κ1) is 21.0. The zero-order chi connectivity index (χ0) is 18.8. The van der Waals surface area contributed by atoms with Crippen molar-refractivity contribution in [1.82, 2.24) is 5.32 Å². The molecule has 5 nitrogen and oxygen atoms in total. The molecule has 0 aromatic heterocycles. The zero-order valence-electron chi connectivity index (χ0n) is 15.2. The van der Waals surface area contributed by atoms with Crippen LogP contribution in [0.25, 0.3) is 0 Å². The fourth-order valence-electron chi connectivity index (χ4n) is 2.92. The Hall–Kier alpha value is -1.08. The summed E-state index contributed by atoms with van der Waals surface area (Å²) in [6, 6.07) is 6.82. The molecule has 0 heterocycles. The minimum Gasteiger partial charge on any atom is -0.350 e. The molecular formula is C17H27BrN2O3S. The van der Waals surface area contributed by atoms with Gasteiger partial charge in [-0.2, -0.15) is 0 Å². The number of anilines is 1. The number of carbonyl (C=O) groups is 1. The molecule has 1 rings (SSSR count). The molecule has 0 aliphatic carbocycles. The fourth-order valence-corrected chi connectivity index (χ4v) is 4.05. The normalized spacial score (nSPS) is 12.8. The van der Waals surface area contributed by atoms with Crippen LogP contribution in [0.15, 0.2) is 28.7 Å². The standard InChI is InChI=1S/C17H27BrN2O3S/c1-16(2,3)12-17(4,5)19-15(21)11-20(24(6,22)23)14-9-7-13(18)8-10-14/h7-10H,11-12H2,1-6H3,(H,19,21). The largest absolute Gasteiger partial charge is 0.350 e. The third-order valence-corrected chi connectivity index (χ3v) is 4.92. The Morgan fingerprint density at radius 2 is 1.62 bits per heavy atom. The maximum atomic E-state index is 12.4. The monoisotopic (exact) mass is 418 g/mol. The van der Waals surface area contributed by atoms with Gasteiger partial charge >= 0.3 is 0 Å². The lowest BCUT2D eigenvalue weighted by Crippen LogP contribution is -2.50. The van der Waals surface area contributed by atoms with Gasteiger partial charge in [0.15, 0.2) is 0 Å². The highest BCUT2D eigenvalue weighted by Gasteiger charge is 2.29. The Morgan fingerprint density at radius 1 is 1.12 bits per heavy atom. The van der Waals surface area contributed by atoms with Crippen molar-refractivity contribution in [2.75, 3.05) is 17.1 Å². The van der Waals surface area contributed by atoms with Crippen molar-refractivity contribution in [2.45, 2.75) is 46.6 Å². The number of rotatable bonds is 6. The highest BCUT2D eigenvalue weighted by Crippen LogP contribution is 2.27. The summed E-state index contributed by atoms with van der Waals surface area (Å²) in [7, 11) is -3.56. The first-order chi connectivity index (χ1) is 10.7. The number of sulfonamides is 1. The third kappa shape index (κ3) is 7.21. The van der Waals surface area contributed by atoms with Crippen LogP contribution in [-0.4, -0.2) is 32.7 Å². The highest BCUT2D eigenvalue weighted by atomic mass is 79.9. The van der Waals surface area contributed by atoms with E-state index in [1.165, 1.54) is 0 Å². The molecule has 0 aliphatic heterocycles. The lowest BCUT2D eigenvalue weighted by Gasteiger charge is -2.34. The molecule has 1 aromatic carbocycles. The van der Waals surface area contributed by atoms with Crippen LogP contribution in [0.5, 0.6) is 0 Å². The van der Waals surface area contributed by atoms with E-state index in [0.29, 0.717) is 5.69 Å². The first-order valence-corrected chi connectivity index (χ1v) is 10.4. The predicted molar refractivity (Wildman–Crippen MR) is 103 cm³/mol. The molecule has 0 atom stereocenters. The average Bonchev–Trinajstić information content (AvgIpc) is 2.32. The quantitative estimate of drug-likeness (QED) is 0.767. The number of nitrogens with one attached hydrogen (secondary N) is 1. The maximum absolute atomic E-state index is 12.4. The predicted octanol–water partition coefficient (Wildman–Crippen LogP) is 3.55. The number of benzene rings is 1. The molecule has 0 unspecified atom stereocenters. The van der Waals surface area contributed by atoms with Crippen LogP contribution in [0.3, 0.4) is 0 Å². The Balaban J connectivity index is 2.92. The van der Waals surface area contributed by atoms with Crippen molar-refractivity contribution in [2.24, 2.45) is 5.41 Å². The lowest BCUT2D eigenvalue weighted by molar-refractivity contribution is -0.121. The number of amides is 1. The number of hydrogen-bond acceptors (Lipinski definition) is 3. The van der Waals surface area contributed by atoms with Gasteiger partial charge < -0.3 is 5.32 Å². The highest BCUT2D eigenvalue weighted by molar-refractivity contribution is 9.10. The van der Waals surface area contributed by atoms with Gasteiger partial charge in [-0.25, -0.2) is 8.42 Å². The molecule has 7 heteroatoms. The van der Waals surface area contributed by atoms with E-state index in [1.807, 2.05) is 13.8 Å².